The number of carbonyl (C=O) groups excluding carboxylic acids is 1. The van der Waals surface area contributed by atoms with Crippen molar-refractivity contribution in [2.75, 3.05) is 14.2 Å². The number of benzene rings is 1. The molecule has 10 atom stereocenters. The van der Waals surface area contributed by atoms with Crippen molar-refractivity contribution in [1.29, 1.82) is 5.41 Å². The van der Waals surface area contributed by atoms with Gasteiger partial charge in [-0.05, 0) is 24.9 Å². The van der Waals surface area contributed by atoms with Gasteiger partial charge in [0.05, 0.1) is 24.9 Å². The second kappa shape index (κ2) is 15.0. The number of azide groups is 1. The molecule has 16 heteroatoms. The third-order valence-electron chi connectivity index (χ3n) is 6.59. The third kappa shape index (κ3) is 8.57. The van der Waals surface area contributed by atoms with Gasteiger partial charge in [0.2, 0.25) is 12.2 Å². The Labute approximate surface area is 252 Å². The van der Waals surface area contributed by atoms with Crippen molar-refractivity contribution < 1.29 is 42.7 Å². The van der Waals surface area contributed by atoms with Crippen LogP contribution in [-0.2, 0) is 49.3 Å². The summed E-state index contributed by atoms with van der Waals surface area (Å²) in [7, 11) is 2.85. The summed E-state index contributed by atoms with van der Waals surface area (Å²) in [5.41, 5.74) is 9.91. The van der Waals surface area contributed by atoms with E-state index in [-0.39, 0.29) is 6.61 Å². The number of ether oxygens (including phenoxy) is 8. The highest BCUT2D eigenvalue weighted by molar-refractivity contribution is 6.76. The van der Waals surface area contributed by atoms with Crippen LogP contribution in [0, 0.1) is 5.41 Å². The number of nitrogens with zero attached hydrogens (tertiary/aromatic N) is 3. The van der Waals surface area contributed by atoms with E-state index in [1.807, 2.05) is 30.3 Å². The highest BCUT2D eigenvalue weighted by atomic mass is 35.6. The van der Waals surface area contributed by atoms with E-state index >= 15 is 0 Å². The topological polar surface area (TPSA) is 164 Å². The number of carbonyl (C=O) groups is 1. The molecule has 0 aromatic heterocycles. The maximum absolute atomic E-state index is 12.1. The molecule has 1 aromatic carbocycles. The molecule has 0 bridgehead atoms. The van der Waals surface area contributed by atoms with E-state index in [0.29, 0.717) is 0 Å². The van der Waals surface area contributed by atoms with E-state index in [2.05, 4.69) is 10.0 Å². The molecular weight excluding hydrogens is 607 g/mol. The summed E-state index contributed by atoms with van der Waals surface area (Å²) in [6.07, 6.45) is -8.75. The molecule has 0 amide bonds. The molecule has 0 radical (unpaired) electrons. The smallest absolute Gasteiger partial charge is 0.303 e. The molecule has 0 aliphatic carbocycles. The SMILES string of the molecule is CO[C@@H]1[C@@H](O[C@@H]2O[C@H](C)[C@@H](N=[N+]=[N-])[C@H](OC)[C@H]2OC(C)=O)[C@@H](OCc2ccccc2)C(OC(=N)C(Cl)(Cl)Cl)O[C@H]1C. The van der Waals surface area contributed by atoms with E-state index in [1.54, 1.807) is 13.8 Å². The first kappa shape index (κ1) is 33.6. The molecule has 13 nitrogen and oxygen atoms in total. The number of hydrogen-bond donors (Lipinski definition) is 1. The van der Waals surface area contributed by atoms with Crippen LogP contribution in [0.3, 0.4) is 0 Å². The number of rotatable bonds is 10. The molecule has 2 saturated heterocycles. The van der Waals surface area contributed by atoms with Crippen molar-refractivity contribution in [3.63, 3.8) is 0 Å². The summed E-state index contributed by atoms with van der Waals surface area (Å²) >= 11 is 17.6. The van der Waals surface area contributed by atoms with Crippen LogP contribution < -0.4 is 0 Å². The van der Waals surface area contributed by atoms with Gasteiger partial charge in [-0.25, -0.2) is 0 Å². The van der Waals surface area contributed by atoms with Crippen molar-refractivity contribution in [2.45, 2.75) is 92.5 Å². The Hall–Kier alpha value is -1.90. The summed E-state index contributed by atoms with van der Waals surface area (Å²) in [4.78, 5) is 15.0. The molecule has 228 valence electrons. The normalized spacial score (nSPS) is 33.9. The number of alkyl halides is 3. The minimum absolute atomic E-state index is 0.0927. The molecule has 1 aromatic rings. The largest absolute Gasteiger partial charge is 0.454 e. The highest BCUT2D eigenvalue weighted by Crippen LogP contribution is 2.36. The van der Waals surface area contributed by atoms with Crippen LogP contribution in [0.5, 0.6) is 0 Å². The Morgan fingerprint density at radius 2 is 1.61 bits per heavy atom. The lowest BCUT2D eigenvalue weighted by Crippen LogP contribution is -2.65. The van der Waals surface area contributed by atoms with Gasteiger partial charge in [0.15, 0.2) is 12.4 Å². The van der Waals surface area contributed by atoms with Gasteiger partial charge in [-0.1, -0.05) is 70.2 Å². The highest BCUT2D eigenvalue weighted by Gasteiger charge is 2.54. The van der Waals surface area contributed by atoms with Crippen molar-refractivity contribution in [3.8, 4) is 0 Å². The monoisotopic (exact) mass is 638 g/mol. The van der Waals surface area contributed by atoms with E-state index in [9.17, 15) is 4.79 Å². The van der Waals surface area contributed by atoms with Crippen LogP contribution >= 0.6 is 34.8 Å². The molecule has 41 heavy (non-hydrogen) atoms. The number of nitrogens with one attached hydrogen (secondary N) is 1. The quantitative estimate of drug-likeness (QED) is 0.0741. The summed E-state index contributed by atoms with van der Waals surface area (Å²) in [5, 5.41) is 11.9. The van der Waals surface area contributed by atoms with Crippen molar-refractivity contribution in [3.05, 3.63) is 46.3 Å². The average molecular weight is 640 g/mol. The van der Waals surface area contributed by atoms with Crippen molar-refractivity contribution in [2.24, 2.45) is 5.11 Å². The average Bonchev–Trinajstić information content (AvgIpc) is 2.90. The van der Waals surface area contributed by atoms with Crippen LogP contribution in [0.1, 0.15) is 26.3 Å². The first-order valence-electron chi connectivity index (χ1n) is 12.6. The van der Waals surface area contributed by atoms with Gasteiger partial charge in [-0.15, -0.1) is 0 Å². The first-order chi connectivity index (χ1) is 19.4. The van der Waals surface area contributed by atoms with Gasteiger partial charge in [-0.2, -0.15) is 0 Å². The fourth-order valence-electron chi connectivity index (χ4n) is 4.73. The lowest BCUT2D eigenvalue weighted by molar-refractivity contribution is -0.348. The molecule has 2 aliphatic heterocycles. The fraction of sp³-hybridized carbons (Fsp3) is 0.680. The Balaban J connectivity index is 2.00. The maximum atomic E-state index is 12.1. The van der Waals surface area contributed by atoms with Crippen LogP contribution in [0.25, 0.3) is 10.4 Å². The minimum Gasteiger partial charge on any atom is -0.454 e. The minimum atomic E-state index is -2.17. The van der Waals surface area contributed by atoms with Gasteiger partial charge in [0.25, 0.3) is 3.79 Å². The molecular formula is C25H33Cl3N4O9. The Morgan fingerprint density at radius 3 is 2.17 bits per heavy atom. The summed E-state index contributed by atoms with van der Waals surface area (Å²) < 4.78 is 45.1. The number of methoxy groups -OCH3 is 2. The molecule has 0 saturated carbocycles. The lowest BCUT2D eigenvalue weighted by atomic mass is 9.95. The molecule has 0 spiro atoms. The lowest BCUT2D eigenvalue weighted by Gasteiger charge is -2.48. The van der Waals surface area contributed by atoms with Gasteiger partial charge < -0.3 is 37.9 Å². The van der Waals surface area contributed by atoms with E-state index in [1.165, 1.54) is 21.1 Å². The standard InChI is InChI=1S/C25H33Cl3N4O9/c1-12-16(31-32-30)18(35-5)21(39-14(3)33)23(37-12)40-19-17(34-4)13(2)38-22(41-24(29)25(26,27)28)20(19)36-11-15-9-7-6-8-10-15/h6-10,12-13,16-23,29H,11H2,1-5H3/t12-,13+,16-,17+,18+,19-,20-,21-,22?,23+/m1/s1. The van der Waals surface area contributed by atoms with Gasteiger partial charge in [0, 0.05) is 26.1 Å². The van der Waals surface area contributed by atoms with E-state index in [0.717, 1.165) is 5.56 Å². The summed E-state index contributed by atoms with van der Waals surface area (Å²) in [5.74, 6) is -1.33. The molecule has 2 aliphatic rings. The first-order valence-corrected chi connectivity index (χ1v) is 13.8. The molecule has 2 heterocycles. The van der Waals surface area contributed by atoms with Crippen LogP contribution in [0.4, 0.5) is 0 Å². The third-order valence-corrected chi connectivity index (χ3v) is 7.10. The van der Waals surface area contributed by atoms with Gasteiger partial charge in [0.1, 0.15) is 24.4 Å². The molecule has 1 N–H and O–H groups in total. The van der Waals surface area contributed by atoms with Crippen molar-refractivity contribution >= 4 is 46.7 Å². The number of esters is 1. The van der Waals surface area contributed by atoms with Crippen LogP contribution in [-0.4, -0.2) is 91.2 Å². The zero-order chi connectivity index (χ0) is 30.3. The van der Waals surface area contributed by atoms with Gasteiger partial charge >= 0.3 is 5.97 Å². The zero-order valence-corrected chi connectivity index (χ0v) is 25.3. The molecule has 2 fully saturated rings. The second-order valence-electron chi connectivity index (χ2n) is 9.40. The predicted octanol–water partition coefficient (Wildman–Crippen LogP) is 4.45. The Morgan fingerprint density at radius 1 is 0.976 bits per heavy atom. The van der Waals surface area contributed by atoms with Gasteiger partial charge in [-0.3, -0.25) is 10.2 Å². The summed E-state index contributed by atoms with van der Waals surface area (Å²) in [6, 6.07) is 8.45. The number of hydrogen-bond acceptors (Lipinski definition) is 11. The van der Waals surface area contributed by atoms with Crippen LogP contribution in [0.15, 0.2) is 35.4 Å². The molecule has 1 unspecified atom stereocenters. The second-order valence-corrected chi connectivity index (χ2v) is 11.7. The zero-order valence-electron chi connectivity index (χ0n) is 23.0. The fourth-order valence-corrected chi connectivity index (χ4v) is 4.86. The Kier molecular flexibility index (Phi) is 12.3. The maximum Gasteiger partial charge on any atom is 0.303 e. The van der Waals surface area contributed by atoms with Crippen molar-refractivity contribution in [1.82, 2.24) is 0 Å². The number of halogens is 3. The Bertz CT molecular complexity index is 1080. The summed E-state index contributed by atoms with van der Waals surface area (Å²) in [6.45, 7) is 4.69. The van der Waals surface area contributed by atoms with Crippen LogP contribution in [0.2, 0.25) is 0 Å². The van der Waals surface area contributed by atoms with E-state index in [4.69, 9.17) is 83.6 Å². The molecule has 3 rings (SSSR count). The predicted molar refractivity (Wildman–Crippen MR) is 148 cm³/mol. The van der Waals surface area contributed by atoms with E-state index < -0.39 is 77.0 Å².